The smallest absolute Gasteiger partial charge is 0.160 e. The fourth-order valence-corrected chi connectivity index (χ4v) is 2.40. The van der Waals surface area contributed by atoms with Crippen LogP contribution in [0.15, 0.2) is 6.20 Å². The van der Waals surface area contributed by atoms with Crippen LogP contribution in [0.4, 0.5) is 0 Å². The summed E-state index contributed by atoms with van der Waals surface area (Å²) in [5.74, 6) is 1.47. The molecular formula is C12H21N3O. The van der Waals surface area contributed by atoms with Gasteiger partial charge in [-0.15, -0.1) is 0 Å². The maximum atomic E-state index is 5.42. The molecular weight excluding hydrogens is 202 g/mol. The first-order valence-corrected chi connectivity index (χ1v) is 6.06. The first-order valence-electron chi connectivity index (χ1n) is 6.06. The van der Waals surface area contributed by atoms with Gasteiger partial charge in [-0.1, -0.05) is 0 Å². The Morgan fingerprint density at radius 3 is 2.94 bits per heavy atom. The zero-order valence-corrected chi connectivity index (χ0v) is 10.4. The van der Waals surface area contributed by atoms with Crippen molar-refractivity contribution >= 4 is 0 Å². The van der Waals surface area contributed by atoms with Gasteiger partial charge in [0, 0.05) is 18.5 Å². The lowest BCUT2D eigenvalue weighted by Gasteiger charge is -2.25. The minimum absolute atomic E-state index is 0.390. The molecule has 4 nitrogen and oxygen atoms in total. The highest BCUT2D eigenvalue weighted by Crippen LogP contribution is 2.32. The molecule has 1 aliphatic heterocycles. The fourth-order valence-electron chi connectivity index (χ4n) is 2.40. The molecule has 1 aromatic heterocycles. The average Bonchev–Trinajstić information content (AvgIpc) is 2.73. The van der Waals surface area contributed by atoms with Gasteiger partial charge in [-0.05, 0) is 33.2 Å². The van der Waals surface area contributed by atoms with Gasteiger partial charge in [-0.3, -0.25) is 4.68 Å². The summed E-state index contributed by atoms with van der Waals surface area (Å²) in [6.07, 6.45) is 4.29. The van der Waals surface area contributed by atoms with Gasteiger partial charge in [0.25, 0.3) is 0 Å². The molecule has 1 aromatic rings. The SMILES string of the molecule is COc1cnn(C(C)C)c1C1CCCNC1. The van der Waals surface area contributed by atoms with Crippen molar-refractivity contribution in [2.45, 2.75) is 38.6 Å². The summed E-state index contributed by atoms with van der Waals surface area (Å²) in [4.78, 5) is 0. The predicted molar refractivity (Wildman–Crippen MR) is 64.0 cm³/mol. The van der Waals surface area contributed by atoms with Crippen LogP contribution in [0.5, 0.6) is 5.75 Å². The van der Waals surface area contributed by atoms with Gasteiger partial charge in [0.15, 0.2) is 5.75 Å². The molecule has 1 unspecified atom stereocenters. The van der Waals surface area contributed by atoms with Crippen LogP contribution in [0.25, 0.3) is 0 Å². The molecule has 1 aliphatic rings. The molecule has 0 radical (unpaired) electrons. The van der Waals surface area contributed by atoms with E-state index in [9.17, 15) is 0 Å². The van der Waals surface area contributed by atoms with Gasteiger partial charge in [-0.2, -0.15) is 5.10 Å². The van der Waals surface area contributed by atoms with E-state index in [1.165, 1.54) is 18.5 Å². The molecule has 2 rings (SSSR count). The Hall–Kier alpha value is -1.03. The summed E-state index contributed by atoms with van der Waals surface area (Å²) in [7, 11) is 1.72. The first kappa shape index (κ1) is 11.5. The maximum Gasteiger partial charge on any atom is 0.160 e. The van der Waals surface area contributed by atoms with Crippen molar-refractivity contribution in [1.29, 1.82) is 0 Å². The molecule has 0 spiro atoms. The second kappa shape index (κ2) is 4.87. The third kappa shape index (κ3) is 2.07. The lowest BCUT2D eigenvalue weighted by molar-refractivity contribution is 0.374. The van der Waals surface area contributed by atoms with Crippen LogP contribution in [-0.2, 0) is 0 Å². The minimum Gasteiger partial charge on any atom is -0.493 e. The van der Waals surface area contributed by atoms with Gasteiger partial charge in [0.05, 0.1) is 19.0 Å². The fraction of sp³-hybridized carbons (Fsp3) is 0.750. The standard InChI is InChI=1S/C12H21N3O/c1-9(2)15-12(11(16-3)8-14-15)10-5-4-6-13-7-10/h8-10,13H,4-7H2,1-3H3. The van der Waals surface area contributed by atoms with E-state index in [-0.39, 0.29) is 0 Å². The largest absolute Gasteiger partial charge is 0.493 e. The maximum absolute atomic E-state index is 5.42. The van der Waals surface area contributed by atoms with Gasteiger partial charge in [0.2, 0.25) is 0 Å². The van der Waals surface area contributed by atoms with Crippen molar-refractivity contribution in [2.75, 3.05) is 20.2 Å². The molecule has 0 saturated carbocycles. The number of methoxy groups -OCH3 is 1. The molecule has 0 aromatic carbocycles. The lowest BCUT2D eigenvalue weighted by atomic mass is 9.95. The quantitative estimate of drug-likeness (QED) is 0.851. The highest BCUT2D eigenvalue weighted by Gasteiger charge is 2.24. The Balaban J connectivity index is 2.31. The highest BCUT2D eigenvalue weighted by molar-refractivity contribution is 5.29. The topological polar surface area (TPSA) is 39.1 Å². The molecule has 1 fully saturated rings. The number of aromatic nitrogens is 2. The van der Waals surface area contributed by atoms with Crippen molar-refractivity contribution in [3.05, 3.63) is 11.9 Å². The third-order valence-electron chi connectivity index (χ3n) is 3.19. The molecule has 0 bridgehead atoms. The number of piperidine rings is 1. The van der Waals surface area contributed by atoms with Crippen LogP contribution < -0.4 is 10.1 Å². The van der Waals surface area contributed by atoms with Gasteiger partial charge < -0.3 is 10.1 Å². The van der Waals surface area contributed by atoms with E-state index in [0.717, 1.165) is 18.8 Å². The van der Waals surface area contributed by atoms with E-state index in [2.05, 4.69) is 28.9 Å². The van der Waals surface area contributed by atoms with Crippen LogP contribution in [-0.4, -0.2) is 30.0 Å². The highest BCUT2D eigenvalue weighted by atomic mass is 16.5. The predicted octanol–water partition coefficient (Wildman–Crippen LogP) is 1.94. The number of nitrogens with zero attached hydrogens (tertiary/aromatic N) is 2. The summed E-state index contributed by atoms with van der Waals surface area (Å²) in [5, 5.41) is 7.87. The molecule has 0 amide bonds. The Morgan fingerprint density at radius 2 is 2.38 bits per heavy atom. The molecule has 0 aliphatic carbocycles. The Labute approximate surface area is 97.0 Å². The van der Waals surface area contributed by atoms with Gasteiger partial charge in [0.1, 0.15) is 0 Å². The molecule has 2 heterocycles. The summed E-state index contributed by atoms with van der Waals surface area (Å²) in [6, 6.07) is 0.390. The minimum atomic E-state index is 0.390. The molecule has 1 N–H and O–H groups in total. The Bertz CT molecular complexity index is 340. The number of rotatable bonds is 3. The number of hydrogen-bond acceptors (Lipinski definition) is 3. The van der Waals surface area contributed by atoms with Crippen molar-refractivity contribution in [3.63, 3.8) is 0 Å². The molecule has 1 atom stereocenters. The van der Waals surface area contributed by atoms with Crippen LogP contribution in [0, 0.1) is 0 Å². The zero-order chi connectivity index (χ0) is 11.5. The molecule has 16 heavy (non-hydrogen) atoms. The molecule has 90 valence electrons. The number of ether oxygens (including phenoxy) is 1. The van der Waals surface area contributed by atoms with E-state index < -0.39 is 0 Å². The molecule has 1 saturated heterocycles. The summed E-state index contributed by atoms with van der Waals surface area (Å²) < 4.78 is 7.51. The van der Waals surface area contributed by atoms with E-state index in [4.69, 9.17) is 4.74 Å². The van der Waals surface area contributed by atoms with Crippen molar-refractivity contribution in [1.82, 2.24) is 15.1 Å². The third-order valence-corrected chi connectivity index (χ3v) is 3.19. The molecule has 4 heteroatoms. The van der Waals surface area contributed by atoms with Crippen molar-refractivity contribution < 1.29 is 4.74 Å². The summed E-state index contributed by atoms with van der Waals surface area (Å²) >= 11 is 0. The van der Waals surface area contributed by atoms with Crippen LogP contribution >= 0.6 is 0 Å². The lowest BCUT2D eigenvalue weighted by Crippen LogP contribution is -2.30. The Kier molecular flexibility index (Phi) is 3.49. The van der Waals surface area contributed by atoms with E-state index in [0.29, 0.717) is 12.0 Å². The van der Waals surface area contributed by atoms with Gasteiger partial charge >= 0.3 is 0 Å². The number of hydrogen-bond donors (Lipinski definition) is 1. The van der Waals surface area contributed by atoms with E-state index in [1.54, 1.807) is 7.11 Å². The second-order valence-electron chi connectivity index (χ2n) is 4.68. The van der Waals surface area contributed by atoms with E-state index in [1.807, 2.05) is 6.20 Å². The van der Waals surface area contributed by atoms with E-state index >= 15 is 0 Å². The van der Waals surface area contributed by atoms with Crippen LogP contribution in [0.3, 0.4) is 0 Å². The normalized spacial score (nSPS) is 21.4. The average molecular weight is 223 g/mol. The van der Waals surface area contributed by atoms with Gasteiger partial charge in [-0.25, -0.2) is 0 Å². The monoisotopic (exact) mass is 223 g/mol. The van der Waals surface area contributed by atoms with Crippen molar-refractivity contribution in [3.8, 4) is 5.75 Å². The number of nitrogens with one attached hydrogen (secondary N) is 1. The zero-order valence-electron chi connectivity index (χ0n) is 10.4. The van der Waals surface area contributed by atoms with Crippen LogP contribution in [0.1, 0.15) is 44.3 Å². The summed E-state index contributed by atoms with van der Waals surface area (Å²) in [6.45, 7) is 6.49. The summed E-state index contributed by atoms with van der Waals surface area (Å²) in [5.41, 5.74) is 1.25. The van der Waals surface area contributed by atoms with Crippen LogP contribution in [0.2, 0.25) is 0 Å². The van der Waals surface area contributed by atoms with Crippen molar-refractivity contribution in [2.24, 2.45) is 0 Å². The second-order valence-corrected chi connectivity index (χ2v) is 4.68. The Morgan fingerprint density at radius 1 is 1.56 bits per heavy atom. The first-order chi connectivity index (χ1) is 7.74.